The molecule has 2 heterocycles. The summed E-state index contributed by atoms with van der Waals surface area (Å²) in [6.07, 6.45) is 1.55. The number of aryl methyl sites for hydroxylation is 1. The maximum Gasteiger partial charge on any atom is 0.276 e. The molecular formula is C11H8BrClN4O. The Morgan fingerprint density at radius 2 is 2.17 bits per heavy atom. The van der Waals surface area contributed by atoms with Crippen LogP contribution in [-0.2, 0) is 0 Å². The minimum atomic E-state index is -0.359. The van der Waals surface area contributed by atoms with Crippen LogP contribution in [0.5, 0.6) is 0 Å². The van der Waals surface area contributed by atoms with Gasteiger partial charge in [0.1, 0.15) is 4.60 Å². The molecule has 2 rings (SSSR count). The summed E-state index contributed by atoms with van der Waals surface area (Å²) in [5.74, 6) is -0.359. The highest BCUT2D eigenvalue weighted by Gasteiger charge is 2.09. The summed E-state index contributed by atoms with van der Waals surface area (Å²) in [4.78, 5) is 15.9. The number of halogens is 2. The van der Waals surface area contributed by atoms with Gasteiger partial charge in [-0.05, 0) is 46.6 Å². The molecule has 7 heteroatoms. The highest BCUT2D eigenvalue weighted by molar-refractivity contribution is 9.10. The van der Waals surface area contributed by atoms with Gasteiger partial charge in [0.25, 0.3) is 5.91 Å². The first-order valence-corrected chi connectivity index (χ1v) is 6.16. The lowest BCUT2D eigenvalue weighted by Gasteiger charge is -2.05. The molecule has 0 bridgehead atoms. The van der Waals surface area contributed by atoms with Crippen molar-refractivity contribution >= 4 is 39.1 Å². The molecular weight excluding hydrogens is 320 g/mol. The molecule has 2 aromatic heterocycles. The average Bonchev–Trinajstić information content (AvgIpc) is 2.34. The monoisotopic (exact) mass is 326 g/mol. The van der Waals surface area contributed by atoms with Crippen molar-refractivity contribution in [3.8, 4) is 0 Å². The Bertz CT molecular complexity index is 588. The van der Waals surface area contributed by atoms with E-state index in [-0.39, 0.29) is 16.8 Å². The number of carbonyl (C=O) groups excluding carboxylic acids is 1. The molecule has 0 fully saturated rings. The van der Waals surface area contributed by atoms with Gasteiger partial charge >= 0.3 is 0 Å². The van der Waals surface area contributed by atoms with Crippen LogP contribution in [-0.4, -0.2) is 21.1 Å². The van der Waals surface area contributed by atoms with Gasteiger partial charge in [0.15, 0.2) is 10.8 Å². The molecule has 0 unspecified atom stereocenters. The van der Waals surface area contributed by atoms with Crippen LogP contribution in [0.25, 0.3) is 0 Å². The fourth-order valence-electron chi connectivity index (χ4n) is 1.26. The summed E-state index contributed by atoms with van der Waals surface area (Å²) in [5.41, 5.74) is 1.72. The number of amides is 1. The molecule has 0 aromatic carbocycles. The first-order valence-electron chi connectivity index (χ1n) is 4.99. The predicted octanol–water partition coefficient (Wildman–Crippen LogP) is 2.85. The summed E-state index contributed by atoms with van der Waals surface area (Å²) in [7, 11) is 0. The Labute approximate surface area is 117 Å². The van der Waals surface area contributed by atoms with E-state index in [1.165, 1.54) is 12.1 Å². The molecule has 92 valence electrons. The zero-order chi connectivity index (χ0) is 13.1. The second kappa shape index (κ2) is 5.41. The van der Waals surface area contributed by atoms with Crippen molar-refractivity contribution < 1.29 is 4.79 Å². The highest BCUT2D eigenvalue weighted by atomic mass is 79.9. The molecule has 0 spiro atoms. The van der Waals surface area contributed by atoms with Crippen LogP contribution in [0.4, 0.5) is 5.69 Å². The number of nitrogens with one attached hydrogen (secondary N) is 1. The quantitative estimate of drug-likeness (QED) is 0.861. The van der Waals surface area contributed by atoms with Gasteiger partial charge in [0.2, 0.25) is 0 Å². The molecule has 0 radical (unpaired) electrons. The summed E-state index contributed by atoms with van der Waals surface area (Å²) in [6, 6.07) is 4.82. The molecule has 0 aliphatic carbocycles. The molecule has 0 atom stereocenters. The smallest absolute Gasteiger partial charge is 0.276 e. The third kappa shape index (κ3) is 3.02. The van der Waals surface area contributed by atoms with Crippen molar-refractivity contribution in [2.24, 2.45) is 0 Å². The zero-order valence-corrected chi connectivity index (χ0v) is 11.7. The van der Waals surface area contributed by atoms with E-state index in [0.29, 0.717) is 5.69 Å². The molecule has 1 amide bonds. The lowest BCUT2D eigenvalue weighted by Crippen LogP contribution is -2.14. The Morgan fingerprint density at radius 3 is 2.78 bits per heavy atom. The lowest BCUT2D eigenvalue weighted by atomic mass is 10.3. The van der Waals surface area contributed by atoms with Gasteiger partial charge in [-0.2, -0.15) is 0 Å². The summed E-state index contributed by atoms with van der Waals surface area (Å²) in [6.45, 7) is 1.88. The number of carbonyl (C=O) groups is 1. The van der Waals surface area contributed by atoms with E-state index >= 15 is 0 Å². The number of pyridine rings is 1. The van der Waals surface area contributed by atoms with Gasteiger partial charge in [0.05, 0.1) is 11.9 Å². The average molecular weight is 328 g/mol. The molecule has 5 nitrogen and oxygen atoms in total. The molecule has 0 saturated carbocycles. The van der Waals surface area contributed by atoms with Crippen molar-refractivity contribution in [3.63, 3.8) is 0 Å². The third-order valence-electron chi connectivity index (χ3n) is 2.14. The highest BCUT2D eigenvalue weighted by Crippen LogP contribution is 2.17. The van der Waals surface area contributed by atoms with Crippen molar-refractivity contribution in [2.45, 2.75) is 6.92 Å². The SMILES string of the molecule is Cc1cc(NC(=O)c2ccc(Cl)nn2)cnc1Br. The normalized spacial score (nSPS) is 10.2. The minimum Gasteiger partial charge on any atom is -0.319 e. The van der Waals surface area contributed by atoms with E-state index in [2.05, 4.69) is 36.4 Å². The second-order valence-corrected chi connectivity index (χ2v) is 4.67. The maximum absolute atomic E-state index is 11.8. The first-order chi connectivity index (χ1) is 8.56. The van der Waals surface area contributed by atoms with Crippen LogP contribution in [0, 0.1) is 6.92 Å². The van der Waals surface area contributed by atoms with Gasteiger partial charge in [0, 0.05) is 0 Å². The molecule has 1 N–H and O–H groups in total. The fourth-order valence-corrected chi connectivity index (χ4v) is 1.58. The number of nitrogens with zero attached hydrogens (tertiary/aromatic N) is 3. The molecule has 2 aromatic rings. The van der Waals surface area contributed by atoms with Crippen molar-refractivity contribution in [1.29, 1.82) is 0 Å². The third-order valence-corrected chi connectivity index (χ3v) is 3.17. The first kappa shape index (κ1) is 12.9. The Balaban J connectivity index is 2.16. The molecule has 0 aliphatic heterocycles. The van der Waals surface area contributed by atoms with Crippen LogP contribution in [0.1, 0.15) is 16.1 Å². The predicted molar refractivity (Wildman–Crippen MR) is 71.7 cm³/mol. The Hall–Kier alpha value is -1.53. The van der Waals surface area contributed by atoms with Gasteiger partial charge in [-0.15, -0.1) is 10.2 Å². The number of hydrogen-bond acceptors (Lipinski definition) is 4. The zero-order valence-electron chi connectivity index (χ0n) is 9.32. The van der Waals surface area contributed by atoms with Crippen LogP contribution in [0.2, 0.25) is 5.15 Å². The summed E-state index contributed by atoms with van der Waals surface area (Å²) < 4.78 is 0.742. The minimum absolute atomic E-state index is 0.194. The van der Waals surface area contributed by atoms with E-state index in [1.54, 1.807) is 12.3 Å². The van der Waals surface area contributed by atoms with E-state index in [0.717, 1.165) is 10.2 Å². The van der Waals surface area contributed by atoms with Gasteiger partial charge < -0.3 is 5.32 Å². The molecule has 18 heavy (non-hydrogen) atoms. The Morgan fingerprint density at radius 1 is 1.39 bits per heavy atom. The summed E-state index contributed by atoms with van der Waals surface area (Å²) >= 11 is 8.88. The van der Waals surface area contributed by atoms with Crippen molar-refractivity contribution in [3.05, 3.63) is 45.4 Å². The van der Waals surface area contributed by atoms with Crippen molar-refractivity contribution in [2.75, 3.05) is 5.32 Å². The maximum atomic E-state index is 11.8. The number of hydrogen-bond donors (Lipinski definition) is 1. The standard InChI is InChI=1S/C11H8BrClN4O/c1-6-4-7(5-14-10(6)12)15-11(18)8-2-3-9(13)17-16-8/h2-5H,1H3,(H,15,18). The van der Waals surface area contributed by atoms with Gasteiger partial charge in [-0.1, -0.05) is 11.6 Å². The van der Waals surface area contributed by atoms with Crippen LogP contribution < -0.4 is 5.32 Å². The van der Waals surface area contributed by atoms with Crippen LogP contribution >= 0.6 is 27.5 Å². The Kier molecular flexibility index (Phi) is 3.88. The van der Waals surface area contributed by atoms with E-state index in [9.17, 15) is 4.79 Å². The van der Waals surface area contributed by atoms with Gasteiger partial charge in [-0.25, -0.2) is 4.98 Å². The number of rotatable bonds is 2. The number of anilines is 1. The topological polar surface area (TPSA) is 67.8 Å². The van der Waals surface area contributed by atoms with E-state index < -0.39 is 0 Å². The van der Waals surface area contributed by atoms with E-state index in [4.69, 9.17) is 11.6 Å². The fraction of sp³-hybridized carbons (Fsp3) is 0.0909. The second-order valence-electron chi connectivity index (χ2n) is 3.53. The number of aromatic nitrogens is 3. The molecule has 0 aliphatic rings. The van der Waals surface area contributed by atoms with Crippen LogP contribution in [0.15, 0.2) is 29.0 Å². The largest absolute Gasteiger partial charge is 0.319 e. The van der Waals surface area contributed by atoms with Crippen molar-refractivity contribution in [1.82, 2.24) is 15.2 Å². The molecule has 0 saturated heterocycles. The lowest BCUT2D eigenvalue weighted by molar-refractivity contribution is 0.102. The summed E-state index contributed by atoms with van der Waals surface area (Å²) in [5, 5.41) is 10.2. The van der Waals surface area contributed by atoms with E-state index in [1.807, 2.05) is 6.92 Å². The van der Waals surface area contributed by atoms with Crippen LogP contribution in [0.3, 0.4) is 0 Å². The van der Waals surface area contributed by atoms with Gasteiger partial charge in [-0.3, -0.25) is 4.79 Å².